The van der Waals surface area contributed by atoms with Crippen molar-refractivity contribution < 1.29 is 14.0 Å². The lowest BCUT2D eigenvalue weighted by Gasteiger charge is -2.34. The van der Waals surface area contributed by atoms with E-state index in [1.807, 2.05) is 25.8 Å². The van der Waals surface area contributed by atoms with Crippen LogP contribution in [0.25, 0.3) is 11.3 Å². The molecule has 1 fully saturated rings. The molecule has 8 nitrogen and oxygen atoms in total. The first kappa shape index (κ1) is 25.0. The van der Waals surface area contributed by atoms with Gasteiger partial charge in [-0.05, 0) is 49.4 Å². The molecule has 2 aliphatic rings. The maximum atomic E-state index is 14.8. The van der Waals surface area contributed by atoms with Gasteiger partial charge in [-0.25, -0.2) is 14.0 Å². The van der Waals surface area contributed by atoms with Crippen LogP contribution in [0.2, 0.25) is 5.02 Å². The quantitative estimate of drug-likeness (QED) is 0.517. The smallest absolute Gasteiger partial charge is 0.282 e. The number of carbonyl (C=O) groups is 2. The molecule has 37 heavy (non-hydrogen) atoms. The number of rotatable bonds is 5. The second-order valence-electron chi connectivity index (χ2n) is 9.58. The third-order valence-corrected chi connectivity index (χ3v) is 7.05. The summed E-state index contributed by atoms with van der Waals surface area (Å²) in [5.74, 6) is -2.23. The van der Waals surface area contributed by atoms with Crippen LogP contribution in [0.5, 0.6) is 0 Å². The molecule has 1 saturated heterocycles. The summed E-state index contributed by atoms with van der Waals surface area (Å²) in [4.78, 5) is 46.5. The molecule has 192 valence electrons. The van der Waals surface area contributed by atoms with Crippen molar-refractivity contribution >= 4 is 34.7 Å². The molecule has 2 amide bonds. The molecule has 2 aliphatic heterocycles. The zero-order valence-corrected chi connectivity index (χ0v) is 21.6. The summed E-state index contributed by atoms with van der Waals surface area (Å²) in [5.41, 5.74) is 0.683. The van der Waals surface area contributed by atoms with Crippen molar-refractivity contribution in [3.8, 4) is 5.69 Å². The predicted molar refractivity (Wildman–Crippen MR) is 140 cm³/mol. The molecule has 1 aromatic heterocycles. The molecule has 2 aromatic carbocycles. The summed E-state index contributed by atoms with van der Waals surface area (Å²) in [6.45, 7) is 6.13. The van der Waals surface area contributed by atoms with Crippen molar-refractivity contribution in [1.82, 2.24) is 19.6 Å². The van der Waals surface area contributed by atoms with Gasteiger partial charge in [-0.3, -0.25) is 19.5 Å². The topological polar surface area (TPSA) is 81.7 Å². The lowest BCUT2D eigenvalue weighted by Crippen LogP contribution is -2.46. The Morgan fingerprint density at radius 1 is 0.919 bits per heavy atom. The number of imide groups is 1. The van der Waals surface area contributed by atoms with Crippen LogP contribution in [0.1, 0.15) is 31.0 Å². The van der Waals surface area contributed by atoms with Gasteiger partial charge in [-0.1, -0.05) is 37.6 Å². The van der Waals surface area contributed by atoms with Gasteiger partial charge in [-0.15, -0.1) is 0 Å². The van der Waals surface area contributed by atoms with Crippen LogP contribution in [-0.4, -0.2) is 64.6 Å². The molecule has 1 N–H and O–H groups in total. The van der Waals surface area contributed by atoms with E-state index in [-0.39, 0.29) is 28.4 Å². The molecule has 3 aromatic rings. The third-order valence-electron chi connectivity index (χ3n) is 6.80. The Hall–Kier alpha value is -3.69. The van der Waals surface area contributed by atoms with Crippen molar-refractivity contribution in [3.05, 3.63) is 86.7 Å². The molecule has 0 spiro atoms. The number of hydrogen-bond acceptors (Lipinski definition) is 5. The minimum atomic E-state index is -0.717. The monoisotopic (exact) mass is 523 g/mol. The Morgan fingerprint density at radius 2 is 1.57 bits per heavy atom. The third kappa shape index (κ3) is 4.28. The highest BCUT2D eigenvalue weighted by atomic mass is 35.5. The SMILES string of the molecule is CC(C)c1[nH]n(-c2ccc(Cl)cc2)c(=O)c1C1=C(N2CCN(C)CC2)C(=O)N(c2ccccc2F)C1=O. The Kier molecular flexibility index (Phi) is 6.51. The highest BCUT2D eigenvalue weighted by Gasteiger charge is 2.46. The number of carbonyl (C=O) groups excluding carboxylic acids is 2. The number of para-hydroxylation sites is 1. The van der Waals surface area contributed by atoms with Crippen LogP contribution in [0.15, 0.2) is 59.0 Å². The average Bonchev–Trinajstić information content (AvgIpc) is 3.33. The van der Waals surface area contributed by atoms with Gasteiger partial charge in [0.25, 0.3) is 17.4 Å². The van der Waals surface area contributed by atoms with Crippen LogP contribution >= 0.6 is 11.6 Å². The molecule has 5 rings (SSSR count). The van der Waals surface area contributed by atoms with Gasteiger partial charge in [0.2, 0.25) is 0 Å². The van der Waals surface area contributed by atoms with E-state index in [1.165, 1.54) is 22.9 Å². The van der Waals surface area contributed by atoms with Gasteiger partial charge in [-0.2, -0.15) is 0 Å². The van der Waals surface area contributed by atoms with Crippen LogP contribution in [-0.2, 0) is 9.59 Å². The number of aromatic amines is 1. The molecule has 0 aliphatic carbocycles. The summed E-state index contributed by atoms with van der Waals surface area (Å²) in [6.07, 6.45) is 0. The van der Waals surface area contributed by atoms with Crippen molar-refractivity contribution in [2.75, 3.05) is 38.1 Å². The molecule has 3 heterocycles. The van der Waals surface area contributed by atoms with Gasteiger partial charge in [0, 0.05) is 36.9 Å². The number of anilines is 1. The molecule has 10 heteroatoms. The minimum Gasteiger partial charge on any atom is -0.364 e. The average molecular weight is 524 g/mol. The summed E-state index contributed by atoms with van der Waals surface area (Å²) in [5, 5.41) is 3.66. The number of benzene rings is 2. The van der Waals surface area contributed by atoms with E-state index in [9.17, 15) is 18.8 Å². The fourth-order valence-electron chi connectivity index (χ4n) is 4.80. The maximum absolute atomic E-state index is 14.8. The standard InChI is InChI=1S/C27H27ClFN5O3/c1-16(2)23-21(26(36)34(30-23)18-10-8-17(28)9-11-18)22-24(32-14-12-31(3)13-15-32)27(37)33(25(22)35)20-7-5-4-6-19(20)29/h4-11,16,30H,12-15H2,1-3H3. The van der Waals surface area contributed by atoms with Crippen molar-refractivity contribution in [3.63, 3.8) is 0 Å². The Labute approximate surface area is 218 Å². The molecule has 0 unspecified atom stereocenters. The summed E-state index contributed by atoms with van der Waals surface area (Å²) >= 11 is 6.03. The molecule has 0 radical (unpaired) electrons. The number of halogens is 2. The van der Waals surface area contributed by atoms with Crippen LogP contribution in [0.3, 0.4) is 0 Å². The van der Waals surface area contributed by atoms with Gasteiger partial charge in [0.1, 0.15) is 11.5 Å². The molecule has 0 saturated carbocycles. The number of piperazine rings is 1. The fourth-order valence-corrected chi connectivity index (χ4v) is 4.93. The van der Waals surface area contributed by atoms with Gasteiger partial charge in [0.05, 0.1) is 22.5 Å². The summed E-state index contributed by atoms with van der Waals surface area (Å²) in [6, 6.07) is 12.4. The predicted octanol–water partition coefficient (Wildman–Crippen LogP) is 3.61. The number of hydrogen-bond donors (Lipinski definition) is 1. The van der Waals surface area contributed by atoms with Crippen LogP contribution in [0.4, 0.5) is 10.1 Å². The van der Waals surface area contributed by atoms with Crippen molar-refractivity contribution in [2.45, 2.75) is 19.8 Å². The van der Waals surface area contributed by atoms with E-state index in [0.717, 1.165) is 4.90 Å². The number of H-pyrrole nitrogens is 1. The lowest BCUT2D eigenvalue weighted by molar-refractivity contribution is -0.120. The highest BCUT2D eigenvalue weighted by molar-refractivity contribution is 6.45. The first-order chi connectivity index (χ1) is 17.7. The van der Waals surface area contributed by atoms with E-state index >= 15 is 0 Å². The van der Waals surface area contributed by atoms with Crippen LogP contribution < -0.4 is 10.5 Å². The lowest BCUT2D eigenvalue weighted by atomic mass is 9.98. The first-order valence-electron chi connectivity index (χ1n) is 12.1. The normalized spacial score (nSPS) is 17.0. The minimum absolute atomic E-state index is 0.00419. The zero-order valence-electron chi connectivity index (χ0n) is 20.8. The zero-order chi connectivity index (χ0) is 26.4. The molecular formula is C27H27ClFN5O3. The van der Waals surface area contributed by atoms with E-state index in [1.54, 1.807) is 30.3 Å². The van der Waals surface area contributed by atoms with Crippen LogP contribution in [0, 0.1) is 5.82 Å². The van der Waals surface area contributed by atoms with Gasteiger partial charge in [0.15, 0.2) is 0 Å². The first-order valence-corrected chi connectivity index (χ1v) is 12.5. The second-order valence-corrected chi connectivity index (χ2v) is 10.0. The number of likely N-dealkylation sites (N-methyl/N-ethyl adjacent to an activating group) is 1. The van der Waals surface area contributed by atoms with Gasteiger partial charge >= 0.3 is 0 Å². The van der Waals surface area contributed by atoms with Gasteiger partial charge < -0.3 is 9.80 Å². The largest absolute Gasteiger partial charge is 0.364 e. The van der Waals surface area contributed by atoms with Crippen molar-refractivity contribution in [1.29, 1.82) is 0 Å². The van der Waals surface area contributed by atoms with E-state index in [0.29, 0.717) is 42.6 Å². The molecular weight excluding hydrogens is 497 g/mol. The number of nitrogens with one attached hydrogen (secondary N) is 1. The molecule has 0 atom stereocenters. The Balaban J connectivity index is 1.74. The second kappa shape index (κ2) is 9.64. The van der Waals surface area contributed by atoms with E-state index < -0.39 is 23.2 Å². The number of aromatic nitrogens is 2. The molecule has 0 bridgehead atoms. The Bertz CT molecular complexity index is 1470. The number of amides is 2. The highest BCUT2D eigenvalue weighted by Crippen LogP contribution is 2.37. The summed E-state index contributed by atoms with van der Waals surface area (Å²) < 4.78 is 16.2. The van der Waals surface area contributed by atoms with E-state index in [2.05, 4.69) is 10.00 Å². The van der Waals surface area contributed by atoms with E-state index in [4.69, 9.17) is 11.6 Å². The Morgan fingerprint density at radius 3 is 2.19 bits per heavy atom. The van der Waals surface area contributed by atoms with Crippen molar-refractivity contribution in [2.24, 2.45) is 0 Å². The number of nitrogens with zero attached hydrogens (tertiary/aromatic N) is 4. The maximum Gasteiger partial charge on any atom is 0.282 e. The fraction of sp³-hybridized carbons (Fsp3) is 0.296. The summed E-state index contributed by atoms with van der Waals surface area (Å²) in [7, 11) is 1.98.